The summed E-state index contributed by atoms with van der Waals surface area (Å²) in [6.07, 6.45) is 1.07. The summed E-state index contributed by atoms with van der Waals surface area (Å²) in [5, 5.41) is 8.67. The molecule has 0 spiro atoms. The minimum absolute atomic E-state index is 0.0175. The van der Waals surface area contributed by atoms with Crippen LogP contribution >= 0.6 is 0 Å². The summed E-state index contributed by atoms with van der Waals surface area (Å²) in [7, 11) is 0. The van der Waals surface area contributed by atoms with Crippen molar-refractivity contribution in [1.29, 1.82) is 5.26 Å². The van der Waals surface area contributed by atoms with Gasteiger partial charge < -0.3 is 0 Å². The second-order valence-electron chi connectivity index (χ2n) is 3.03. The molecule has 0 saturated carbocycles. The molecule has 0 aliphatic carbocycles. The standard InChI is InChI=1S/C12H7FN2/c13-11-8-15-12(6-10(11)7-14)9-4-2-1-3-5-9/h1-6,8H. The minimum atomic E-state index is -0.586. The number of rotatable bonds is 1. The van der Waals surface area contributed by atoms with E-state index in [1.807, 2.05) is 30.3 Å². The Balaban J connectivity index is 2.52. The Labute approximate surface area is 86.6 Å². The van der Waals surface area contributed by atoms with E-state index < -0.39 is 5.82 Å². The third-order valence-corrected chi connectivity index (χ3v) is 2.05. The van der Waals surface area contributed by atoms with Crippen molar-refractivity contribution in [2.24, 2.45) is 0 Å². The SMILES string of the molecule is N#Cc1cc(-c2ccccc2)ncc1F. The average Bonchev–Trinajstić information content (AvgIpc) is 2.31. The maximum absolute atomic E-state index is 13.0. The van der Waals surface area contributed by atoms with Crippen LogP contribution in [-0.2, 0) is 0 Å². The number of pyridine rings is 1. The third-order valence-electron chi connectivity index (χ3n) is 2.05. The molecule has 1 aromatic carbocycles. The van der Waals surface area contributed by atoms with Crippen LogP contribution in [0.4, 0.5) is 4.39 Å². The van der Waals surface area contributed by atoms with Crippen LogP contribution in [0.15, 0.2) is 42.6 Å². The summed E-state index contributed by atoms with van der Waals surface area (Å²) in [5.74, 6) is -0.586. The van der Waals surface area contributed by atoms with Crippen LogP contribution in [0.25, 0.3) is 11.3 Å². The molecule has 72 valence electrons. The van der Waals surface area contributed by atoms with Crippen molar-refractivity contribution in [2.75, 3.05) is 0 Å². The van der Waals surface area contributed by atoms with Crippen LogP contribution in [0.2, 0.25) is 0 Å². The number of benzene rings is 1. The van der Waals surface area contributed by atoms with Gasteiger partial charge in [0.2, 0.25) is 0 Å². The van der Waals surface area contributed by atoms with E-state index in [4.69, 9.17) is 5.26 Å². The molecule has 0 unspecified atom stereocenters. The summed E-state index contributed by atoms with van der Waals surface area (Å²) < 4.78 is 13.0. The Kier molecular flexibility index (Phi) is 2.42. The molecular weight excluding hydrogens is 191 g/mol. The first-order valence-electron chi connectivity index (χ1n) is 4.42. The van der Waals surface area contributed by atoms with Gasteiger partial charge in [-0.15, -0.1) is 0 Å². The zero-order chi connectivity index (χ0) is 10.7. The van der Waals surface area contributed by atoms with Crippen molar-refractivity contribution in [2.45, 2.75) is 0 Å². The van der Waals surface area contributed by atoms with Gasteiger partial charge in [-0.2, -0.15) is 5.26 Å². The fraction of sp³-hybridized carbons (Fsp3) is 0. The van der Waals surface area contributed by atoms with Gasteiger partial charge in [-0.05, 0) is 6.07 Å². The van der Waals surface area contributed by atoms with Gasteiger partial charge in [-0.3, -0.25) is 4.98 Å². The highest BCUT2D eigenvalue weighted by Gasteiger charge is 2.04. The number of nitriles is 1. The Bertz CT molecular complexity index is 515. The molecule has 0 bridgehead atoms. The Morgan fingerprint density at radius 2 is 1.93 bits per heavy atom. The Morgan fingerprint density at radius 1 is 1.20 bits per heavy atom. The second-order valence-corrected chi connectivity index (χ2v) is 3.03. The average molecular weight is 198 g/mol. The highest BCUT2D eigenvalue weighted by atomic mass is 19.1. The first-order valence-corrected chi connectivity index (χ1v) is 4.42. The predicted octanol–water partition coefficient (Wildman–Crippen LogP) is 2.76. The fourth-order valence-corrected chi connectivity index (χ4v) is 1.29. The smallest absolute Gasteiger partial charge is 0.159 e. The second kappa shape index (κ2) is 3.89. The van der Waals surface area contributed by atoms with Gasteiger partial charge in [0.1, 0.15) is 6.07 Å². The largest absolute Gasteiger partial charge is 0.253 e. The molecule has 15 heavy (non-hydrogen) atoms. The summed E-state index contributed by atoms with van der Waals surface area (Å²) in [6.45, 7) is 0. The molecule has 0 aliphatic heterocycles. The summed E-state index contributed by atoms with van der Waals surface area (Å²) in [4.78, 5) is 3.93. The van der Waals surface area contributed by atoms with Crippen molar-refractivity contribution in [3.05, 3.63) is 54.0 Å². The minimum Gasteiger partial charge on any atom is -0.253 e. The van der Waals surface area contributed by atoms with Crippen molar-refractivity contribution >= 4 is 0 Å². The van der Waals surface area contributed by atoms with Crippen molar-refractivity contribution in [3.8, 4) is 17.3 Å². The summed E-state index contributed by atoms with van der Waals surface area (Å²) >= 11 is 0. The molecule has 1 heterocycles. The van der Waals surface area contributed by atoms with Gasteiger partial charge in [-0.1, -0.05) is 30.3 Å². The van der Waals surface area contributed by atoms with E-state index in [9.17, 15) is 4.39 Å². The van der Waals surface area contributed by atoms with Gasteiger partial charge in [0.15, 0.2) is 5.82 Å². The lowest BCUT2D eigenvalue weighted by Crippen LogP contribution is -1.89. The first-order chi connectivity index (χ1) is 7.31. The highest BCUT2D eigenvalue weighted by molar-refractivity contribution is 5.60. The molecule has 0 N–H and O–H groups in total. The van der Waals surface area contributed by atoms with Crippen LogP contribution < -0.4 is 0 Å². The maximum Gasteiger partial charge on any atom is 0.159 e. The predicted molar refractivity (Wildman–Crippen MR) is 54.3 cm³/mol. The molecule has 0 amide bonds. The van der Waals surface area contributed by atoms with Crippen LogP contribution in [0.5, 0.6) is 0 Å². The third kappa shape index (κ3) is 1.84. The van der Waals surface area contributed by atoms with Gasteiger partial charge >= 0.3 is 0 Å². The zero-order valence-corrected chi connectivity index (χ0v) is 7.81. The normalized spacial score (nSPS) is 9.60. The van der Waals surface area contributed by atoms with Gasteiger partial charge in [0, 0.05) is 5.56 Å². The van der Waals surface area contributed by atoms with Gasteiger partial charge in [0.25, 0.3) is 0 Å². The molecule has 0 radical (unpaired) electrons. The molecule has 0 aliphatic rings. The lowest BCUT2D eigenvalue weighted by atomic mass is 10.1. The molecule has 2 nitrogen and oxygen atoms in total. The fourth-order valence-electron chi connectivity index (χ4n) is 1.29. The van der Waals surface area contributed by atoms with Crippen molar-refractivity contribution in [1.82, 2.24) is 4.98 Å². The number of hydrogen-bond acceptors (Lipinski definition) is 2. The number of halogens is 1. The molecule has 1 aromatic heterocycles. The van der Waals surface area contributed by atoms with E-state index in [-0.39, 0.29) is 5.56 Å². The molecule has 2 rings (SSSR count). The van der Waals surface area contributed by atoms with E-state index in [1.54, 1.807) is 6.07 Å². The highest BCUT2D eigenvalue weighted by Crippen LogP contribution is 2.18. The zero-order valence-electron chi connectivity index (χ0n) is 7.81. The topological polar surface area (TPSA) is 36.7 Å². The van der Waals surface area contributed by atoms with E-state index in [2.05, 4.69) is 4.98 Å². The molecular formula is C12H7FN2. The van der Waals surface area contributed by atoms with E-state index in [1.165, 1.54) is 6.07 Å². The van der Waals surface area contributed by atoms with Crippen molar-refractivity contribution < 1.29 is 4.39 Å². The maximum atomic E-state index is 13.0. The molecule has 2 aromatic rings. The molecule has 0 atom stereocenters. The molecule has 3 heteroatoms. The molecule has 0 saturated heterocycles. The Hall–Kier alpha value is -2.21. The van der Waals surface area contributed by atoms with Crippen LogP contribution in [0.3, 0.4) is 0 Å². The number of hydrogen-bond donors (Lipinski definition) is 0. The number of aromatic nitrogens is 1. The van der Waals surface area contributed by atoms with Crippen LogP contribution in [-0.4, -0.2) is 4.98 Å². The quantitative estimate of drug-likeness (QED) is 0.706. The summed E-state index contributed by atoms with van der Waals surface area (Å²) in [6, 6.07) is 12.6. The van der Waals surface area contributed by atoms with Crippen molar-refractivity contribution in [3.63, 3.8) is 0 Å². The number of nitrogens with zero attached hydrogens (tertiary/aromatic N) is 2. The summed E-state index contributed by atoms with van der Waals surface area (Å²) in [5.41, 5.74) is 1.49. The first kappa shape index (κ1) is 9.35. The monoisotopic (exact) mass is 198 g/mol. The van der Waals surface area contributed by atoms with Gasteiger partial charge in [0.05, 0.1) is 17.5 Å². The lowest BCUT2D eigenvalue weighted by Gasteiger charge is -2.00. The van der Waals surface area contributed by atoms with Gasteiger partial charge in [-0.25, -0.2) is 4.39 Å². The van der Waals surface area contributed by atoms with E-state index in [0.717, 1.165) is 11.8 Å². The lowest BCUT2D eigenvalue weighted by molar-refractivity contribution is 0.618. The Morgan fingerprint density at radius 3 is 2.60 bits per heavy atom. The van der Waals surface area contributed by atoms with Crippen LogP contribution in [0, 0.1) is 17.1 Å². The van der Waals surface area contributed by atoms with E-state index in [0.29, 0.717) is 5.69 Å². The van der Waals surface area contributed by atoms with Crippen LogP contribution in [0.1, 0.15) is 5.56 Å². The molecule has 0 fully saturated rings. The van der Waals surface area contributed by atoms with E-state index >= 15 is 0 Å².